The van der Waals surface area contributed by atoms with Crippen molar-refractivity contribution in [3.05, 3.63) is 41.1 Å². The molecule has 0 unspecified atom stereocenters. The highest BCUT2D eigenvalue weighted by atomic mass is 35.5. The van der Waals surface area contributed by atoms with E-state index in [1.165, 1.54) is 6.07 Å². The van der Waals surface area contributed by atoms with E-state index in [2.05, 4.69) is 25.5 Å². The Balaban J connectivity index is 2.10. The maximum Gasteiger partial charge on any atom is 0.226 e. The molecule has 0 fully saturated rings. The molecular formula is C12H9ClFN5. The predicted octanol–water partition coefficient (Wildman–Crippen LogP) is 3.20. The Labute approximate surface area is 112 Å². The van der Waals surface area contributed by atoms with Gasteiger partial charge in [0.15, 0.2) is 5.65 Å². The summed E-state index contributed by atoms with van der Waals surface area (Å²) in [5.41, 5.74) is 1.66. The van der Waals surface area contributed by atoms with Crippen LogP contribution in [0.25, 0.3) is 11.0 Å². The lowest BCUT2D eigenvalue weighted by Crippen LogP contribution is -1.99. The first-order chi connectivity index (χ1) is 9.15. The molecule has 0 aliphatic rings. The summed E-state index contributed by atoms with van der Waals surface area (Å²) in [6.07, 6.45) is 1.59. The van der Waals surface area contributed by atoms with E-state index in [0.29, 0.717) is 28.1 Å². The van der Waals surface area contributed by atoms with Crippen LogP contribution in [0.15, 0.2) is 24.4 Å². The summed E-state index contributed by atoms with van der Waals surface area (Å²) in [5.74, 6) is 0.200. The van der Waals surface area contributed by atoms with Crippen molar-refractivity contribution >= 4 is 34.1 Å². The molecule has 1 aromatic carbocycles. The molecule has 0 saturated carbocycles. The Morgan fingerprint density at radius 1 is 1.32 bits per heavy atom. The molecule has 7 heteroatoms. The zero-order valence-electron chi connectivity index (χ0n) is 9.91. The molecule has 19 heavy (non-hydrogen) atoms. The molecule has 2 heterocycles. The third-order valence-corrected chi connectivity index (χ3v) is 2.97. The number of fused-ring (bicyclic) bond motifs is 1. The van der Waals surface area contributed by atoms with Crippen molar-refractivity contribution in [2.45, 2.75) is 6.92 Å². The summed E-state index contributed by atoms with van der Waals surface area (Å²) >= 11 is 5.83. The minimum atomic E-state index is -0.284. The highest BCUT2D eigenvalue weighted by molar-refractivity contribution is 6.28. The fourth-order valence-electron chi connectivity index (χ4n) is 1.77. The molecule has 0 saturated heterocycles. The fraction of sp³-hybridized carbons (Fsp3) is 0.0833. The molecule has 96 valence electrons. The van der Waals surface area contributed by atoms with E-state index in [-0.39, 0.29) is 11.1 Å². The summed E-state index contributed by atoms with van der Waals surface area (Å²) in [6.45, 7) is 1.69. The fourth-order valence-corrected chi connectivity index (χ4v) is 1.94. The van der Waals surface area contributed by atoms with Gasteiger partial charge in [0, 0.05) is 11.3 Å². The SMILES string of the molecule is Cc1c(F)cccc1Nc1nc(Cl)nc2[nH]ncc12. The van der Waals surface area contributed by atoms with Crippen molar-refractivity contribution < 1.29 is 4.39 Å². The molecule has 0 amide bonds. The van der Waals surface area contributed by atoms with E-state index in [9.17, 15) is 4.39 Å². The van der Waals surface area contributed by atoms with Crippen LogP contribution in [0.3, 0.4) is 0 Å². The zero-order chi connectivity index (χ0) is 13.4. The van der Waals surface area contributed by atoms with Crippen molar-refractivity contribution in [1.29, 1.82) is 0 Å². The third kappa shape index (κ3) is 2.10. The number of hydrogen-bond donors (Lipinski definition) is 2. The van der Waals surface area contributed by atoms with Gasteiger partial charge in [-0.3, -0.25) is 5.10 Å². The van der Waals surface area contributed by atoms with Crippen LogP contribution in [0.2, 0.25) is 5.28 Å². The number of benzene rings is 1. The van der Waals surface area contributed by atoms with Gasteiger partial charge < -0.3 is 5.32 Å². The molecule has 3 rings (SSSR count). The lowest BCUT2D eigenvalue weighted by molar-refractivity contribution is 0.619. The van der Waals surface area contributed by atoms with Gasteiger partial charge in [-0.1, -0.05) is 6.07 Å². The number of halogens is 2. The Bertz CT molecular complexity index is 755. The van der Waals surface area contributed by atoms with Gasteiger partial charge in [0.1, 0.15) is 11.6 Å². The largest absolute Gasteiger partial charge is 0.339 e. The van der Waals surface area contributed by atoms with Gasteiger partial charge in [0.25, 0.3) is 0 Å². The normalized spacial score (nSPS) is 10.9. The molecular weight excluding hydrogens is 269 g/mol. The summed E-state index contributed by atoms with van der Waals surface area (Å²) in [5, 5.41) is 10.4. The van der Waals surface area contributed by atoms with Crippen LogP contribution >= 0.6 is 11.6 Å². The highest BCUT2D eigenvalue weighted by Gasteiger charge is 2.10. The van der Waals surface area contributed by atoms with Gasteiger partial charge in [-0.25, -0.2) is 4.39 Å². The quantitative estimate of drug-likeness (QED) is 0.706. The van der Waals surface area contributed by atoms with E-state index in [0.717, 1.165) is 0 Å². The van der Waals surface area contributed by atoms with E-state index >= 15 is 0 Å². The average Bonchev–Trinajstić information content (AvgIpc) is 2.83. The van der Waals surface area contributed by atoms with E-state index < -0.39 is 0 Å². The smallest absolute Gasteiger partial charge is 0.226 e. The highest BCUT2D eigenvalue weighted by Crippen LogP contribution is 2.26. The van der Waals surface area contributed by atoms with Gasteiger partial charge in [-0.05, 0) is 30.7 Å². The van der Waals surface area contributed by atoms with Crippen LogP contribution in [-0.4, -0.2) is 20.2 Å². The van der Waals surface area contributed by atoms with Crippen LogP contribution in [0.4, 0.5) is 15.9 Å². The van der Waals surface area contributed by atoms with Gasteiger partial charge in [-0.2, -0.15) is 15.1 Å². The van der Waals surface area contributed by atoms with Gasteiger partial charge in [0.2, 0.25) is 5.28 Å². The Morgan fingerprint density at radius 2 is 2.16 bits per heavy atom. The Kier molecular flexibility index (Phi) is 2.79. The first-order valence-electron chi connectivity index (χ1n) is 5.54. The molecule has 0 aliphatic carbocycles. The lowest BCUT2D eigenvalue weighted by Gasteiger charge is -2.09. The third-order valence-electron chi connectivity index (χ3n) is 2.80. The molecule has 2 aromatic heterocycles. The second kappa shape index (κ2) is 4.47. The number of aromatic amines is 1. The number of nitrogens with zero attached hydrogens (tertiary/aromatic N) is 3. The molecule has 2 N–H and O–H groups in total. The summed E-state index contributed by atoms with van der Waals surface area (Å²) < 4.78 is 13.5. The summed E-state index contributed by atoms with van der Waals surface area (Å²) in [4.78, 5) is 8.10. The number of H-pyrrole nitrogens is 1. The van der Waals surface area contributed by atoms with Crippen LogP contribution < -0.4 is 5.32 Å². The maximum atomic E-state index is 13.5. The maximum absolute atomic E-state index is 13.5. The van der Waals surface area contributed by atoms with Gasteiger partial charge in [-0.15, -0.1) is 0 Å². The second-order valence-electron chi connectivity index (χ2n) is 4.01. The van der Waals surface area contributed by atoms with Crippen molar-refractivity contribution in [1.82, 2.24) is 20.2 Å². The number of nitrogens with one attached hydrogen (secondary N) is 2. The van der Waals surface area contributed by atoms with Crippen molar-refractivity contribution in [3.63, 3.8) is 0 Å². The molecule has 0 radical (unpaired) electrons. The average molecular weight is 278 g/mol. The van der Waals surface area contributed by atoms with Crippen LogP contribution in [0.1, 0.15) is 5.56 Å². The lowest BCUT2D eigenvalue weighted by atomic mass is 10.2. The van der Waals surface area contributed by atoms with Crippen molar-refractivity contribution in [2.75, 3.05) is 5.32 Å². The molecule has 0 bridgehead atoms. The number of rotatable bonds is 2. The predicted molar refractivity (Wildman–Crippen MR) is 71.1 cm³/mol. The molecule has 0 spiro atoms. The van der Waals surface area contributed by atoms with E-state index in [1.54, 1.807) is 25.3 Å². The molecule has 3 aromatic rings. The Hall–Kier alpha value is -2.21. The van der Waals surface area contributed by atoms with Crippen LogP contribution in [-0.2, 0) is 0 Å². The number of hydrogen-bond acceptors (Lipinski definition) is 4. The Morgan fingerprint density at radius 3 is 3.00 bits per heavy atom. The molecule has 0 atom stereocenters. The first-order valence-corrected chi connectivity index (χ1v) is 5.91. The number of aromatic nitrogens is 4. The topological polar surface area (TPSA) is 66.5 Å². The molecule has 0 aliphatic heterocycles. The van der Waals surface area contributed by atoms with Gasteiger partial charge >= 0.3 is 0 Å². The summed E-state index contributed by atoms with van der Waals surface area (Å²) in [7, 11) is 0. The van der Waals surface area contributed by atoms with Crippen molar-refractivity contribution in [2.24, 2.45) is 0 Å². The van der Waals surface area contributed by atoms with Crippen molar-refractivity contribution in [3.8, 4) is 0 Å². The monoisotopic (exact) mass is 277 g/mol. The van der Waals surface area contributed by atoms with Crippen LogP contribution in [0, 0.1) is 12.7 Å². The van der Waals surface area contributed by atoms with Crippen LogP contribution in [0.5, 0.6) is 0 Å². The zero-order valence-corrected chi connectivity index (χ0v) is 10.7. The number of anilines is 2. The van der Waals surface area contributed by atoms with E-state index in [1.807, 2.05) is 0 Å². The van der Waals surface area contributed by atoms with E-state index in [4.69, 9.17) is 11.6 Å². The summed E-state index contributed by atoms with van der Waals surface area (Å²) in [6, 6.07) is 4.79. The second-order valence-corrected chi connectivity index (χ2v) is 4.35. The standard InChI is InChI=1S/C12H9ClFN5/c1-6-8(14)3-2-4-9(6)16-10-7-5-15-19-11(7)18-12(13)17-10/h2-5H,1H3,(H2,15,16,17,18,19). The minimum absolute atomic E-state index is 0.0910. The molecule has 5 nitrogen and oxygen atoms in total. The first kappa shape index (κ1) is 11.9. The van der Waals surface area contributed by atoms with Gasteiger partial charge in [0.05, 0.1) is 11.6 Å². The minimum Gasteiger partial charge on any atom is -0.339 e.